The summed E-state index contributed by atoms with van der Waals surface area (Å²) in [5.41, 5.74) is 0.0381. The third kappa shape index (κ3) is 5.68. The van der Waals surface area contributed by atoms with Crippen LogP contribution >= 0.6 is 0 Å². The van der Waals surface area contributed by atoms with E-state index in [2.05, 4.69) is 5.32 Å². The Kier molecular flexibility index (Phi) is 5.79. The van der Waals surface area contributed by atoms with Crippen molar-refractivity contribution in [2.45, 2.75) is 45.8 Å². The molecule has 0 radical (unpaired) electrons. The van der Waals surface area contributed by atoms with Gasteiger partial charge in [0.25, 0.3) is 0 Å². The molecule has 0 aliphatic carbocycles. The predicted molar refractivity (Wildman–Crippen MR) is 100 cm³/mol. The number of ether oxygens (including phenoxy) is 2. The number of oxazole rings is 1. The van der Waals surface area contributed by atoms with Crippen LogP contribution in [0.5, 0.6) is 0 Å². The molecule has 148 valence electrons. The largest absolute Gasteiger partial charge is 0.444 e. The Morgan fingerprint density at radius 2 is 1.85 bits per heavy atom. The van der Waals surface area contributed by atoms with Gasteiger partial charge in [-0.25, -0.2) is 9.59 Å². The molecule has 27 heavy (non-hydrogen) atoms. The van der Waals surface area contributed by atoms with Gasteiger partial charge in [-0.3, -0.25) is 9.36 Å². The van der Waals surface area contributed by atoms with Crippen LogP contribution in [0.2, 0.25) is 0 Å². The summed E-state index contributed by atoms with van der Waals surface area (Å²) in [5.74, 6) is -0.739. The number of hydrogen-bond donors (Lipinski definition) is 1. The third-order valence-corrected chi connectivity index (χ3v) is 3.65. The van der Waals surface area contributed by atoms with Gasteiger partial charge in [0.1, 0.15) is 12.2 Å². The fourth-order valence-electron chi connectivity index (χ4n) is 2.41. The highest BCUT2D eigenvalue weighted by molar-refractivity contribution is 5.99. The Morgan fingerprint density at radius 3 is 2.48 bits per heavy atom. The SMILES string of the molecule is Cn1c(=O)oc2cc(C(=O)COCC(C)(C)NC(=O)OC(C)(C)C)ccc21. The lowest BCUT2D eigenvalue weighted by molar-refractivity contribution is 0.0349. The Labute approximate surface area is 157 Å². The second kappa shape index (κ2) is 7.56. The number of ketones is 1. The van der Waals surface area contributed by atoms with Crippen molar-refractivity contribution in [3.63, 3.8) is 0 Å². The number of aromatic nitrogens is 1. The van der Waals surface area contributed by atoms with Crippen molar-refractivity contribution in [1.29, 1.82) is 0 Å². The Morgan fingerprint density at radius 1 is 1.19 bits per heavy atom. The molecule has 0 unspecified atom stereocenters. The Balaban J connectivity index is 1.91. The maximum atomic E-state index is 12.3. The van der Waals surface area contributed by atoms with E-state index in [4.69, 9.17) is 13.9 Å². The first-order valence-electron chi connectivity index (χ1n) is 8.60. The molecule has 1 heterocycles. The summed E-state index contributed by atoms with van der Waals surface area (Å²) >= 11 is 0. The standard InChI is InChI=1S/C19H26N2O6/c1-18(2,3)27-16(23)20-19(4,5)11-25-10-14(22)12-7-8-13-15(9-12)26-17(24)21(13)6/h7-9H,10-11H2,1-6H3,(H,20,23). The molecule has 2 rings (SSSR count). The maximum Gasteiger partial charge on any atom is 0.419 e. The summed E-state index contributed by atoms with van der Waals surface area (Å²) in [6, 6.07) is 4.79. The van der Waals surface area contributed by atoms with E-state index in [0.717, 1.165) is 0 Å². The summed E-state index contributed by atoms with van der Waals surface area (Å²) in [6.45, 7) is 8.84. The monoisotopic (exact) mass is 378 g/mol. The smallest absolute Gasteiger partial charge is 0.419 e. The van der Waals surface area contributed by atoms with Crippen molar-refractivity contribution >= 4 is 23.0 Å². The first kappa shape index (κ1) is 20.7. The number of benzene rings is 1. The van der Waals surface area contributed by atoms with Crippen LogP contribution in [0.3, 0.4) is 0 Å². The summed E-state index contributed by atoms with van der Waals surface area (Å²) in [5, 5.41) is 2.71. The molecular weight excluding hydrogens is 352 g/mol. The van der Waals surface area contributed by atoms with Crippen LogP contribution in [0.15, 0.2) is 27.4 Å². The molecule has 0 atom stereocenters. The van der Waals surface area contributed by atoms with E-state index < -0.39 is 23.0 Å². The van der Waals surface area contributed by atoms with Gasteiger partial charge in [0, 0.05) is 12.6 Å². The molecule has 8 heteroatoms. The van der Waals surface area contributed by atoms with Crippen molar-refractivity contribution in [3.8, 4) is 0 Å². The number of Topliss-reactive ketones (excluding diaryl/α,β-unsaturated/α-hetero) is 1. The molecule has 1 aromatic carbocycles. The maximum absolute atomic E-state index is 12.3. The second-order valence-electron chi connectivity index (χ2n) is 8.04. The molecule has 0 aliphatic rings. The molecule has 0 spiro atoms. The summed E-state index contributed by atoms with van der Waals surface area (Å²) in [6.07, 6.45) is -0.549. The number of nitrogens with one attached hydrogen (secondary N) is 1. The first-order chi connectivity index (χ1) is 12.4. The average Bonchev–Trinajstić information content (AvgIpc) is 2.78. The van der Waals surface area contributed by atoms with Gasteiger partial charge in [-0.1, -0.05) is 0 Å². The lowest BCUT2D eigenvalue weighted by atomic mass is 10.1. The van der Waals surface area contributed by atoms with Crippen LogP contribution in [0.4, 0.5) is 4.79 Å². The first-order valence-corrected chi connectivity index (χ1v) is 8.60. The number of fused-ring (bicyclic) bond motifs is 1. The highest BCUT2D eigenvalue weighted by Gasteiger charge is 2.25. The molecule has 0 aliphatic heterocycles. The number of carbonyl (C=O) groups excluding carboxylic acids is 2. The van der Waals surface area contributed by atoms with Gasteiger partial charge < -0.3 is 19.2 Å². The normalized spacial score (nSPS) is 12.2. The van der Waals surface area contributed by atoms with Gasteiger partial charge in [-0.2, -0.15) is 0 Å². The minimum absolute atomic E-state index is 0.126. The summed E-state index contributed by atoms with van der Waals surface area (Å²) in [4.78, 5) is 35.7. The third-order valence-electron chi connectivity index (χ3n) is 3.65. The van der Waals surface area contributed by atoms with Crippen LogP contribution in [-0.4, -0.2) is 40.8 Å². The van der Waals surface area contributed by atoms with Crippen molar-refractivity contribution in [2.75, 3.05) is 13.2 Å². The van der Waals surface area contributed by atoms with Gasteiger partial charge in [0.05, 0.1) is 17.7 Å². The Bertz CT molecular complexity index is 901. The van der Waals surface area contributed by atoms with Crippen LogP contribution in [0, 0.1) is 0 Å². The number of alkyl carbamates (subject to hydrolysis) is 1. The molecule has 0 saturated heterocycles. The predicted octanol–water partition coefficient (Wildman–Crippen LogP) is 2.63. The zero-order chi connectivity index (χ0) is 20.4. The molecule has 0 bridgehead atoms. The molecule has 0 fully saturated rings. The van der Waals surface area contributed by atoms with Crippen LogP contribution in [0.1, 0.15) is 45.0 Å². The number of nitrogens with zero attached hydrogens (tertiary/aromatic N) is 1. The van der Waals surface area contributed by atoms with Gasteiger partial charge in [0.15, 0.2) is 11.4 Å². The molecule has 2 aromatic rings. The minimum Gasteiger partial charge on any atom is -0.444 e. The zero-order valence-electron chi connectivity index (χ0n) is 16.5. The highest BCUT2D eigenvalue weighted by Crippen LogP contribution is 2.15. The number of aryl methyl sites for hydroxylation is 1. The number of hydrogen-bond acceptors (Lipinski definition) is 6. The van der Waals surface area contributed by atoms with Crippen molar-refractivity contribution < 1.29 is 23.5 Å². The van der Waals surface area contributed by atoms with Crippen LogP contribution < -0.4 is 11.1 Å². The number of amides is 1. The summed E-state index contributed by atoms with van der Waals surface area (Å²) in [7, 11) is 1.60. The van der Waals surface area contributed by atoms with E-state index in [9.17, 15) is 14.4 Å². The van der Waals surface area contributed by atoms with Crippen LogP contribution in [0.25, 0.3) is 11.1 Å². The quantitative estimate of drug-likeness (QED) is 0.776. The highest BCUT2D eigenvalue weighted by atomic mass is 16.6. The molecule has 1 aromatic heterocycles. The molecule has 1 N–H and O–H groups in total. The van der Waals surface area contributed by atoms with E-state index in [-0.39, 0.29) is 19.0 Å². The molecule has 1 amide bonds. The Hall–Kier alpha value is -2.61. The lowest BCUT2D eigenvalue weighted by Gasteiger charge is -2.28. The van der Waals surface area contributed by atoms with E-state index in [1.807, 2.05) is 0 Å². The zero-order valence-corrected chi connectivity index (χ0v) is 16.5. The van der Waals surface area contributed by atoms with E-state index in [0.29, 0.717) is 16.7 Å². The van der Waals surface area contributed by atoms with Gasteiger partial charge in [0.2, 0.25) is 0 Å². The van der Waals surface area contributed by atoms with Crippen molar-refractivity contribution in [3.05, 3.63) is 34.3 Å². The topological polar surface area (TPSA) is 99.8 Å². The molecular formula is C19H26N2O6. The van der Waals surface area contributed by atoms with E-state index in [1.165, 1.54) is 10.6 Å². The van der Waals surface area contributed by atoms with E-state index in [1.54, 1.807) is 53.8 Å². The fraction of sp³-hybridized carbons (Fsp3) is 0.526. The average molecular weight is 378 g/mol. The molecule has 8 nitrogen and oxygen atoms in total. The minimum atomic E-state index is -0.710. The van der Waals surface area contributed by atoms with Gasteiger partial charge in [-0.15, -0.1) is 0 Å². The van der Waals surface area contributed by atoms with Crippen molar-refractivity contribution in [1.82, 2.24) is 9.88 Å². The lowest BCUT2D eigenvalue weighted by Crippen LogP contribution is -2.49. The van der Waals surface area contributed by atoms with Gasteiger partial charge in [-0.05, 0) is 52.8 Å². The fourth-order valence-corrected chi connectivity index (χ4v) is 2.41. The number of carbonyl (C=O) groups is 2. The summed E-state index contributed by atoms with van der Waals surface area (Å²) < 4.78 is 17.1. The van der Waals surface area contributed by atoms with Crippen LogP contribution in [-0.2, 0) is 16.5 Å². The second-order valence-corrected chi connectivity index (χ2v) is 8.04. The molecule has 0 saturated carbocycles. The van der Waals surface area contributed by atoms with Crippen molar-refractivity contribution in [2.24, 2.45) is 7.05 Å². The van der Waals surface area contributed by atoms with E-state index >= 15 is 0 Å². The number of rotatable bonds is 6. The van der Waals surface area contributed by atoms with Gasteiger partial charge >= 0.3 is 11.8 Å².